The number of ether oxygens (including phenoxy) is 1. The predicted molar refractivity (Wildman–Crippen MR) is 78.6 cm³/mol. The van der Waals surface area contributed by atoms with Crippen molar-refractivity contribution in [3.63, 3.8) is 0 Å². The topological polar surface area (TPSA) is 104 Å². The molecule has 0 radical (unpaired) electrons. The monoisotopic (exact) mass is 373 g/mol. The van der Waals surface area contributed by atoms with Crippen LogP contribution in [-0.2, 0) is 14.8 Å². The van der Waals surface area contributed by atoms with Crippen LogP contribution in [0.25, 0.3) is 5.69 Å². The lowest BCUT2D eigenvalue weighted by atomic mass is 10.3. The molecule has 9 heteroatoms. The predicted octanol–water partition coefficient (Wildman–Crippen LogP) is 1.46. The van der Waals surface area contributed by atoms with Crippen LogP contribution in [0.4, 0.5) is 0 Å². The van der Waals surface area contributed by atoms with E-state index < -0.39 is 21.0 Å². The minimum atomic E-state index is -4.15. The van der Waals surface area contributed by atoms with Crippen LogP contribution < -0.4 is 5.14 Å². The zero-order chi connectivity index (χ0) is 15.6. The number of hydrogen-bond acceptors (Lipinski definition) is 5. The molecule has 0 aliphatic carbocycles. The summed E-state index contributed by atoms with van der Waals surface area (Å²) in [6.45, 7) is 1.74. The van der Waals surface area contributed by atoms with E-state index in [2.05, 4.69) is 21.0 Å². The lowest BCUT2D eigenvalue weighted by Crippen LogP contribution is -2.21. The molecule has 0 aliphatic heterocycles. The number of esters is 1. The molecule has 7 nitrogen and oxygen atoms in total. The molecule has 0 spiro atoms. The number of sulfonamides is 1. The lowest BCUT2D eigenvalue weighted by molar-refractivity contribution is 0.0521. The molecule has 1 aromatic heterocycles. The van der Waals surface area contributed by atoms with E-state index in [0.29, 0.717) is 5.69 Å². The molecule has 112 valence electrons. The summed E-state index contributed by atoms with van der Waals surface area (Å²) >= 11 is 3.28. The van der Waals surface area contributed by atoms with Crippen molar-refractivity contribution in [1.29, 1.82) is 0 Å². The quantitative estimate of drug-likeness (QED) is 0.816. The van der Waals surface area contributed by atoms with E-state index in [9.17, 15) is 13.2 Å². The Morgan fingerprint density at radius 1 is 1.38 bits per heavy atom. The summed E-state index contributed by atoms with van der Waals surface area (Å²) in [5.41, 5.74) is 0.264. The molecule has 0 fully saturated rings. The zero-order valence-corrected chi connectivity index (χ0v) is 13.4. The molecule has 2 rings (SSSR count). The molecule has 0 saturated carbocycles. The molecule has 0 amide bonds. The third-order valence-electron chi connectivity index (χ3n) is 2.56. The average Bonchev–Trinajstić information content (AvgIpc) is 2.84. The largest absolute Gasteiger partial charge is 0.462 e. The molecule has 2 aromatic rings. The summed E-state index contributed by atoms with van der Waals surface area (Å²) < 4.78 is 30.3. The van der Waals surface area contributed by atoms with Crippen molar-refractivity contribution in [1.82, 2.24) is 9.78 Å². The molecular formula is C12H12BrN3O4S. The Hall–Kier alpha value is -1.71. The summed E-state index contributed by atoms with van der Waals surface area (Å²) in [6, 6.07) is 6.71. The summed E-state index contributed by atoms with van der Waals surface area (Å²) in [7, 11) is -4.15. The van der Waals surface area contributed by atoms with E-state index in [-0.39, 0.29) is 12.2 Å². The van der Waals surface area contributed by atoms with Crippen molar-refractivity contribution in [2.75, 3.05) is 6.61 Å². The van der Waals surface area contributed by atoms with Gasteiger partial charge in [0.25, 0.3) is 10.0 Å². The normalized spacial score (nSPS) is 11.4. The van der Waals surface area contributed by atoms with Crippen molar-refractivity contribution < 1.29 is 17.9 Å². The van der Waals surface area contributed by atoms with Crippen LogP contribution in [0.15, 0.2) is 40.0 Å². The molecular weight excluding hydrogens is 362 g/mol. The SMILES string of the molecule is CCOC(=O)c1cnn(-c2ccc(Br)cc2)c1S(N)(=O)=O. The van der Waals surface area contributed by atoms with E-state index in [1.807, 2.05) is 0 Å². The molecule has 0 saturated heterocycles. The van der Waals surface area contributed by atoms with Gasteiger partial charge in [-0.05, 0) is 31.2 Å². The number of carbonyl (C=O) groups is 1. The van der Waals surface area contributed by atoms with Crippen molar-refractivity contribution >= 4 is 31.9 Å². The third kappa shape index (κ3) is 3.31. The zero-order valence-electron chi connectivity index (χ0n) is 11.0. The second kappa shape index (κ2) is 5.96. The van der Waals surface area contributed by atoms with Crippen molar-refractivity contribution in [3.8, 4) is 5.69 Å². The first-order chi connectivity index (χ1) is 9.84. The molecule has 0 atom stereocenters. The number of carbonyl (C=O) groups excluding carboxylic acids is 1. The van der Waals surface area contributed by atoms with Crippen LogP contribution in [-0.4, -0.2) is 30.8 Å². The Morgan fingerprint density at radius 2 is 2.00 bits per heavy atom. The van der Waals surface area contributed by atoms with Crippen LogP contribution in [0.3, 0.4) is 0 Å². The number of benzene rings is 1. The Balaban J connectivity index is 2.63. The highest BCUT2D eigenvalue weighted by Crippen LogP contribution is 2.21. The second-order valence-corrected chi connectivity index (χ2v) is 6.41. The maximum absolute atomic E-state index is 11.8. The van der Waals surface area contributed by atoms with Crippen LogP contribution in [0.1, 0.15) is 17.3 Å². The number of hydrogen-bond donors (Lipinski definition) is 1. The van der Waals surface area contributed by atoms with E-state index in [1.165, 1.54) is 0 Å². The molecule has 21 heavy (non-hydrogen) atoms. The number of nitrogens with two attached hydrogens (primary N) is 1. The van der Waals surface area contributed by atoms with E-state index in [0.717, 1.165) is 15.4 Å². The first kappa shape index (κ1) is 15.7. The molecule has 0 unspecified atom stereocenters. The van der Waals surface area contributed by atoms with Gasteiger partial charge in [-0.2, -0.15) is 5.10 Å². The van der Waals surface area contributed by atoms with Crippen LogP contribution in [0, 0.1) is 0 Å². The number of primary sulfonamides is 1. The first-order valence-corrected chi connectivity index (χ1v) is 8.22. The fourth-order valence-corrected chi connectivity index (χ4v) is 2.83. The van der Waals surface area contributed by atoms with Gasteiger partial charge in [-0.15, -0.1) is 0 Å². The van der Waals surface area contributed by atoms with Gasteiger partial charge in [-0.1, -0.05) is 15.9 Å². The Kier molecular flexibility index (Phi) is 4.45. The molecule has 1 heterocycles. The molecule has 0 bridgehead atoms. The maximum Gasteiger partial charge on any atom is 0.342 e. The van der Waals surface area contributed by atoms with Gasteiger partial charge in [0.15, 0.2) is 5.03 Å². The standard InChI is InChI=1S/C12H12BrN3O4S/c1-2-20-12(17)10-7-15-16(11(10)21(14,18)19)9-5-3-8(13)4-6-9/h3-7H,2H2,1H3,(H2,14,18,19). The molecule has 2 N–H and O–H groups in total. The van der Waals surface area contributed by atoms with Gasteiger partial charge < -0.3 is 4.74 Å². The highest BCUT2D eigenvalue weighted by atomic mass is 79.9. The summed E-state index contributed by atoms with van der Waals surface area (Å²) in [6.07, 6.45) is 1.12. The van der Waals surface area contributed by atoms with Gasteiger partial charge in [0.05, 0.1) is 18.5 Å². The number of aromatic nitrogens is 2. The van der Waals surface area contributed by atoms with E-state index in [4.69, 9.17) is 9.88 Å². The summed E-state index contributed by atoms with van der Waals surface area (Å²) in [5.74, 6) is -0.787. The summed E-state index contributed by atoms with van der Waals surface area (Å²) in [5, 5.41) is 8.73. The van der Waals surface area contributed by atoms with E-state index >= 15 is 0 Å². The van der Waals surface area contributed by atoms with Gasteiger partial charge >= 0.3 is 5.97 Å². The van der Waals surface area contributed by atoms with Crippen LogP contribution >= 0.6 is 15.9 Å². The smallest absolute Gasteiger partial charge is 0.342 e. The Labute approximate surface area is 129 Å². The fourth-order valence-electron chi connectivity index (χ4n) is 1.73. The third-order valence-corrected chi connectivity index (χ3v) is 4.02. The summed E-state index contributed by atoms with van der Waals surface area (Å²) in [4.78, 5) is 11.8. The first-order valence-electron chi connectivity index (χ1n) is 5.88. The van der Waals surface area contributed by atoms with Crippen LogP contribution in [0.5, 0.6) is 0 Å². The highest BCUT2D eigenvalue weighted by molar-refractivity contribution is 9.10. The minimum absolute atomic E-state index is 0.117. The maximum atomic E-state index is 11.8. The second-order valence-electron chi connectivity index (χ2n) is 4.02. The minimum Gasteiger partial charge on any atom is -0.462 e. The average molecular weight is 374 g/mol. The van der Waals surface area contributed by atoms with Gasteiger partial charge in [-0.3, -0.25) is 0 Å². The van der Waals surface area contributed by atoms with Crippen LogP contribution in [0.2, 0.25) is 0 Å². The Morgan fingerprint density at radius 3 is 2.52 bits per heavy atom. The molecule has 1 aromatic carbocycles. The number of nitrogens with zero attached hydrogens (tertiary/aromatic N) is 2. The highest BCUT2D eigenvalue weighted by Gasteiger charge is 2.27. The van der Waals surface area contributed by atoms with Gasteiger partial charge in [0.1, 0.15) is 5.56 Å². The Bertz CT molecular complexity index is 768. The van der Waals surface area contributed by atoms with Crippen molar-refractivity contribution in [2.45, 2.75) is 11.9 Å². The van der Waals surface area contributed by atoms with Gasteiger partial charge in [-0.25, -0.2) is 23.0 Å². The van der Waals surface area contributed by atoms with Crippen molar-refractivity contribution in [3.05, 3.63) is 40.5 Å². The van der Waals surface area contributed by atoms with Crippen molar-refractivity contribution in [2.24, 2.45) is 5.14 Å². The lowest BCUT2D eigenvalue weighted by Gasteiger charge is -2.07. The fraction of sp³-hybridized carbons (Fsp3) is 0.167. The number of halogens is 1. The molecule has 0 aliphatic rings. The van der Waals surface area contributed by atoms with Gasteiger partial charge in [0, 0.05) is 4.47 Å². The van der Waals surface area contributed by atoms with Gasteiger partial charge in [0.2, 0.25) is 0 Å². The van der Waals surface area contributed by atoms with E-state index in [1.54, 1.807) is 31.2 Å². The number of rotatable bonds is 4.